The first-order chi connectivity index (χ1) is 7.72. The first-order valence-electron chi connectivity index (χ1n) is 5.22. The number of hydrogen-bond donors (Lipinski definition) is 4. The van der Waals surface area contributed by atoms with Crippen molar-refractivity contribution in [1.82, 2.24) is 10.6 Å². The maximum Gasteiger partial charge on any atom is 0.315 e. The molecule has 0 aliphatic rings. The number of phenols is 1. The average Bonchev–Trinajstić information content (AvgIpc) is 2.29. The van der Waals surface area contributed by atoms with E-state index in [0.29, 0.717) is 19.6 Å². The van der Waals surface area contributed by atoms with E-state index in [1.807, 2.05) is 0 Å². The van der Waals surface area contributed by atoms with Crippen LogP contribution in [0.1, 0.15) is 12.0 Å². The minimum Gasteiger partial charge on any atom is -0.508 e. The van der Waals surface area contributed by atoms with Gasteiger partial charge in [0.05, 0.1) is 0 Å². The average molecular weight is 223 g/mol. The third-order valence-corrected chi connectivity index (χ3v) is 2.06. The van der Waals surface area contributed by atoms with Crippen molar-refractivity contribution >= 4 is 6.03 Å². The molecule has 0 bridgehead atoms. The third kappa shape index (κ3) is 4.65. The summed E-state index contributed by atoms with van der Waals surface area (Å²) in [7, 11) is 0. The number of nitrogens with two attached hydrogens (primary N) is 1. The summed E-state index contributed by atoms with van der Waals surface area (Å²) < 4.78 is 0. The Balaban J connectivity index is 2.23. The molecule has 5 N–H and O–H groups in total. The third-order valence-electron chi connectivity index (χ3n) is 2.06. The van der Waals surface area contributed by atoms with Crippen molar-refractivity contribution in [2.75, 3.05) is 13.1 Å². The maximum absolute atomic E-state index is 11.2. The van der Waals surface area contributed by atoms with Gasteiger partial charge >= 0.3 is 6.03 Å². The predicted molar refractivity (Wildman–Crippen MR) is 62.0 cm³/mol. The lowest BCUT2D eigenvalue weighted by Gasteiger charge is -2.07. The van der Waals surface area contributed by atoms with Crippen LogP contribution in [-0.2, 0) is 6.54 Å². The molecule has 0 radical (unpaired) electrons. The number of amides is 2. The van der Waals surface area contributed by atoms with Crippen LogP contribution in [0.4, 0.5) is 4.79 Å². The Labute approximate surface area is 94.7 Å². The highest BCUT2D eigenvalue weighted by molar-refractivity contribution is 5.73. The van der Waals surface area contributed by atoms with Crippen molar-refractivity contribution in [3.8, 4) is 5.75 Å². The van der Waals surface area contributed by atoms with Crippen molar-refractivity contribution < 1.29 is 9.90 Å². The fourth-order valence-corrected chi connectivity index (χ4v) is 1.16. The molecule has 0 aliphatic carbocycles. The smallest absolute Gasteiger partial charge is 0.315 e. The molecule has 0 saturated carbocycles. The van der Waals surface area contributed by atoms with E-state index in [1.165, 1.54) is 0 Å². The van der Waals surface area contributed by atoms with Crippen LogP contribution in [0.2, 0.25) is 0 Å². The molecule has 5 heteroatoms. The summed E-state index contributed by atoms with van der Waals surface area (Å²) in [5.41, 5.74) is 6.24. The second-order valence-corrected chi connectivity index (χ2v) is 3.42. The van der Waals surface area contributed by atoms with Crippen molar-refractivity contribution in [2.24, 2.45) is 5.73 Å². The van der Waals surface area contributed by atoms with E-state index in [9.17, 15) is 4.79 Å². The summed E-state index contributed by atoms with van der Waals surface area (Å²) in [4.78, 5) is 11.2. The Hall–Kier alpha value is -1.75. The van der Waals surface area contributed by atoms with Gasteiger partial charge in [-0.2, -0.15) is 0 Å². The monoisotopic (exact) mass is 223 g/mol. The fourth-order valence-electron chi connectivity index (χ4n) is 1.16. The molecular weight excluding hydrogens is 206 g/mol. The molecule has 0 unspecified atom stereocenters. The normalized spacial score (nSPS) is 9.81. The van der Waals surface area contributed by atoms with Crippen molar-refractivity contribution in [2.45, 2.75) is 13.0 Å². The number of benzene rings is 1. The summed E-state index contributed by atoms with van der Waals surface area (Å²) in [5.74, 6) is 0.219. The van der Waals surface area contributed by atoms with Crippen LogP contribution in [0.15, 0.2) is 24.3 Å². The largest absolute Gasteiger partial charge is 0.508 e. The van der Waals surface area contributed by atoms with Crippen LogP contribution < -0.4 is 16.4 Å². The first kappa shape index (κ1) is 12.3. The summed E-state index contributed by atoms with van der Waals surface area (Å²) in [6, 6.07) is 6.49. The Morgan fingerprint density at radius 2 is 1.94 bits per heavy atom. The molecule has 0 aromatic heterocycles. The van der Waals surface area contributed by atoms with E-state index in [2.05, 4.69) is 10.6 Å². The second kappa shape index (κ2) is 6.68. The van der Waals surface area contributed by atoms with Crippen LogP contribution >= 0.6 is 0 Å². The zero-order chi connectivity index (χ0) is 11.8. The minimum absolute atomic E-state index is 0.207. The van der Waals surface area contributed by atoms with Crippen LogP contribution in [0.3, 0.4) is 0 Å². The molecule has 1 aromatic carbocycles. The lowest BCUT2D eigenvalue weighted by molar-refractivity contribution is 0.240. The molecule has 5 nitrogen and oxygen atoms in total. The van der Waals surface area contributed by atoms with Gasteiger partial charge < -0.3 is 21.5 Å². The van der Waals surface area contributed by atoms with Crippen molar-refractivity contribution in [1.29, 1.82) is 0 Å². The highest BCUT2D eigenvalue weighted by atomic mass is 16.3. The molecule has 1 rings (SSSR count). The molecule has 0 aliphatic heterocycles. The SMILES string of the molecule is NCCCNC(=O)NCc1ccc(O)cc1. The van der Waals surface area contributed by atoms with E-state index >= 15 is 0 Å². The molecule has 0 saturated heterocycles. The van der Waals surface area contributed by atoms with E-state index in [0.717, 1.165) is 12.0 Å². The van der Waals surface area contributed by atoms with Gasteiger partial charge in [0.15, 0.2) is 0 Å². The first-order valence-corrected chi connectivity index (χ1v) is 5.22. The number of hydrogen-bond acceptors (Lipinski definition) is 3. The Morgan fingerprint density at radius 1 is 1.25 bits per heavy atom. The van der Waals surface area contributed by atoms with Gasteiger partial charge in [-0.15, -0.1) is 0 Å². The van der Waals surface area contributed by atoms with Crippen LogP contribution in [0.25, 0.3) is 0 Å². The number of carbonyl (C=O) groups is 1. The van der Waals surface area contributed by atoms with E-state index < -0.39 is 0 Å². The Morgan fingerprint density at radius 3 is 2.56 bits per heavy atom. The molecular formula is C11H17N3O2. The molecule has 0 heterocycles. The van der Waals surface area contributed by atoms with E-state index in [4.69, 9.17) is 10.8 Å². The number of nitrogens with one attached hydrogen (secondary N) is 2. The lowest BCUT2D eigenvalue weighted by atomic mass is 10.2. The van der Waals surface area contributed by atoms with Gasteiger partial charge in [-0.3, -0.25) is 0 Å². The number of rotatable bonds is 5. The molecule has 2 amide bonds. The molecule has 88 valence electrons. The van der Waals surface area contributed by atoms with Crippen molar-refractivity contribution in [3.63, 3.8) is 0 Å². The van der Waals surface area contributed by atoms with Crippen LogP contribution in [0, 0.1) is 0 Å². The highest BCUT2D eigenvalue weighted by Gasteiger charge is 1.99. The zero-order valence-electron chi connectivity index (χ0n) is 9.07. The van der Waals surface area contributed by atoms with Gasteiger partial charge in [0.25, 0.3) is 0 Å². The van der Waals surface area contributed by atoms with E-state index in [1.54, 1.807) is 24.3 Å². The lowest BCUT2D eigenvalue weighted by Crippen LogP contribution is -2.36. The van der Waals surface area contributed by atoms with E-state index in [-0.39, 0.29) is 11.8 Å². The summed E-state index contributed by atoms with van der Waals surface area (Å²) in [6.07, 6.45) is 0.770. The van der Waals surface area contributed by atoms with Gasteiger partial charge in [0.2, 0.25) is 0 Å². The molecule has 0 atom stereocenters. The molecule has 0 fully saturated rings. The Kier molecular flexibility index (Phi) is 5.15. The summed E-state index contributed by atoms with van der Waals surface area (Å²) in [6.45, 7) is 1.59. The summed E-state index contributed by atoms with van der Waals surface area (Å²) in [5, 5.41) is 14.5. The highest BCUT2D eigenvalue weighted by Crippen LogP contribution is 2.08. The number of phenolic OH excluding ortho intramolecular Hbond substituents is 1. The summed E-state index contributed by atoms with van der Waals surface area (Å²) >= 11 is 0. The second-order valence-electron chi connectivity index (χ2n) is 3.42. The standard InChI is InChI=1S/C11H17N3O2/c12-6-1-7-13-11(16)14-8-9-2-4-10(15)5-3-9/h2-5,15H,1,6-8,12H2,(H2,13,14,16). The molecule has 0 spiro atoms. The fraction of sp³-hybridized carbons (Fsp3) is 0.364. The maximum atomic E-state index is 11.2. The number of aromatic hydroxyl groups is 1. The number of urea groups is 1. The zero-order valence-corrected chi connectivity index (χ0v) is 9.07. The molecule has 1 aromatic rings. The quantitative estimate of drug-likeness (QED) is 0.549. The van der Waals surface area contributed by atoms with Crippen molar-refractivity contribution in [3.05, 3.63) is 29.8 Å². The van der Waals surface area contributed by atoms with Gasteiger partial charge in [-0.25, -0.2) is 4.79 Å². The Bertz CT molecular complexity index is 325. The molecule has 16 heavy (non-hydrogen) atoms. The van der Waals surface area contributed by atoms with Crippen LogP contribution in [0.5, 0.6) is 5.75 Å². The van der Waals surface area contributed by atoms with Gasteiger partial charge in [0.1, 0.15) is 5.75 Å². The van der Waals surface area contributed by atoms with Gasteiger partial charge in [0, 0.05) is 13.1 Å². The number of carbonyl (C=O) groups excluding carboxylic acids is 1. The predicted octanol–water partition coefficient (Wildman–Crippen LogP) is 0.540. The van der Waals surface area contributed by atoms with Gasteiger partial charge in [-0.05, 0) is 30.7 Å². The van der Waals surface area contributed by atoms with Crippen LogP contribution in [-0.4, -0.2) is 24.2 Å². The van der Waals surface area contributed by atoms with Gasteiger partial charge in [-0.1, -0.05) is 12.1 Å². The topological polar surface area (TPSA) is 87.4 Å². The minimum atomic E-state index is -0.207.